The third-order valence-corrected chi connectivity index (χ3v) is 6.89. The molecule has 1 fully saturated rings. The Labute approximate surface area is 212 Å². The van der Waals surface area contributed by atoms with Crippen molar-refractivity contribution in [3.8, 4) is 5.69 Å². The number of aromatic nitrogens is 4. The summed E-state index contributed by atoms with van der Waals surface area (Å²) < 4.78 is 1.94. The van der Waals surface area contributed by atoms with E-state index in [0.29, 0.717) is 19.5 Å². The summed E-state index contributed by atoms with van der Waals surface area (Å²) in [7, 11) is 0. The molecular weight excluding hydrogens is 448 g/mol. The Kier molecular flexibility index (Phi) is 7.26. The van der Waals surface area contributed by atoms with E-state index in [1.54, 1.807) is 0 Å². The molecule has 0 atom stereocenters. The number of para-hydroxylation sites is 1. The van der Waals surface area contributed by atoms with Crippen LogP contribution in [0.3, 0.4) is 0 Å². The highest BCUT2D eigenvalue weighted by molar-refractivity contribution is 5.91. The van der Waals surface area contributed by atoms with Crippen LogP contribution in [0.25, 0.3) is 16.7 Å². The smallest absolute Gasteiger partial charge is 0.223 e. The van der Waals surface area contributed by atoms with E-state index in [0.717, 1.165) is 72.8 Å². The molecule has 2 aromatic carbocycles. The average molecular weight is 483 g/mol. The second-order valence-electron chi connectivity index (χ2n) is 9.45. The van der Waals surface area contributed by atoms with Gasteiger partial charge in [-0.25, -0.2) is 14.6 Å². The van der Waals surface area contributed by atoms with Crippen molar-refractivity contribution in [2.24, 2.45) is 0 Å². The molecule has 0 N–H and O–H groups in total. The Morgan fingerprint density at radius 2 is 1.58 bits per heavy atom. The molecule has 2 aromatic heterocycles. The molecule has 0 aliphatic carbocycles. The van der Waals surface area contributed by atoms with Gasteiger partial charge in [0.25, 0.3) is 0 Å². The summed E-state index contributed by atoms with van der Waals surface area (Å²) in [6.07, 6.45) is 4.32. The van der Waals surface area contributed by atoms with Crippen molar-refractivity contribution < 1.29 is 4.79 Å². The van der Waals surface area contributed by atoms with Crippen molar-refractivity contribution >= 4 is 22.8 Å². The van der Waals surface area contributed by atoms with Crippen molar-refractivity contribution in [3.63, 3.8) is 0 Å². The zero-order valence-corrected chi connectivity index (χ0v) is 21.2. The SMILES string of the molecule is CCCCc1nc(N2CCN(C(=O)CCc3ccccc3)CC2)c2c(C)nn(-c3ccccc3)c2n1. The van der Waals surface area contributed by atoms with E-state index in [9.17, 15) is 4.79 Å². The fraction of sp³-hybridized carbons (Fsp3) is 0.379. The first-order valence-electron chi connectivity index (χ1n) is 13.0. The summed E-state index contributed by atoms with van der Waals surface area (Å²) in [6, 6.07) is 20.4. The monoisotopic (exact) mass is 482 g/mol. The number of rotatable bonds is 8. The Morgan fingerprint density at radius 1 is 0.889 bits per heavy atom. The second-order valence-corrected chi connectivity index (χ2v) is 9.45. The molecular formula is C29H34N6O. The van der Waals surface area contributed by atoms with Crippen LogP contribution in [0.2, 0.25) is 0 Å². The van der Waals surface area contributed by atoms with Crippen LogP contribution in [0.1, 0.15) is 43.3 Å². The molecule has 1 aliphatic rings. The van der Waals surface area contributed by atoms with Crippen LogP contribution < -0.4 is 4.90 Å². The molecule has 4 aromatic rings. The quantitative estimate of drug-likeness (QED) is 0.363. The van der Waals surface area contributed by atoms with E-state index in [1.165, 1.54) is 5.56 Å². The number of carbonyl (C=O) groups is 1. The van der Waals surface area contributed by atoms with Crippen molar-refractivity contribution in [1.29, 1.82) is 0 Å². The molecule has 5 rings (SSSR count). The lowest BCUT2D eigenvalue weighted by atomic mass is 10.1. The molecule has 36 heavy (non-hydrogen) atoms. The van der Waals surface area contributed by atoms with E-state index < -0.39 is 0 Å². The van der Waals surface area contributed by atoms with Gasteiger partial charge in [0.1, 0.15) is 11.6 Å². The highest BCUT2D eigenvalue weighted by atomic mass is 16.2. The maximum Gasteiger partial charge on any atom is 0.223 e. The van der Waals surface area contributed by atoms with Crippen molar-refractivity contribution in [1.82, 2.24) is 24.6 Å². The molecule has 186 valence electrons. The minimum absolute atomic E-state index is 0.225. The van der Waals surface area contributed by atoms with Gasteiger partial charge in [0.05, 0.1) is 16.8 Å². The molecule has 0 unspecified atom stereocenters. The molecule has 0 saturated carbocycles. The fourth-order valence-electron chi connectivity index (χ4n) is 4.85. The predicted octanol–water partition coefficient (Wildman–Crippen LogP) is 4.75. The fourth-order valence-corrected chi connectivity index (χ4v) is 4.85. The van der Waals surface area contributed by atoms with Crippen LogP contribution in [-0.4, -0.2) is 56.7 Å². The number of piperazine rings is 1. The number of hydrogen-bond donors (Lipinski definition) is 0. The molecule has 1 amide bonds. The molecule has 7 heteroatoms. The number of benzene rings is 2. The number of aryl methyl sites for hydroxylation is 3. The van der Waals surface area contributed by atoms with Crippen LogP contribution in [0.5, 0.6) is 0 Å². The number of hydrogen-bond acceptors (Lipinski definition) is 5. The van der Waals surface area contributed by atoms with Gasteiger partial charge in [-0.1, -0.05) is 61.9 Å². The first-order chi connectivity index (χ1) is 17.6. The average Bonchev–Trinajstić information content (AvgIpc) is 3.27. The molecule has 1 aliphatic heterocycles. The van der Waals surface area contributed by atoms with Gasteiger partial charge in [0, 0.05) is 39.0 Å². The normalized spacial score (nSPS) is 13.9. The standard InChI is InChI=1S/C29H34N6O/c1-3-4-15-25-30-28(27-22(2)32-35(29(27)31-25)24-13-9-6-10-14-24)34-20-18-33(19-21-34)26(36)17-16-23-11-7-5-8-12-23/h5-14H,3-4,15-21H2,1-2H3. The van der Waals surface area contributed by atoms with Crippen molar-refractivity contribution in [2.75, 3.05) is 31.1 Å². The molecule has 0 spiro atoms. The molecule has 3 heterocycles. The van der Waals surface area contributed by atoms with Crippen LogP contribution in [0, 0.1) is 6.92 Å². The van der Waals surface area contributed by atoms with Crippen molar-refractivity contribution in [2.45, 2.75) is 46.0 Å². The maximum absolute atomic E-state index is 12.9. The van der Waals surface area contributed by atoms with Gasteiger partial charge in [-0.2, -0.15) is 5.10 Å². The van der Waals surface area contributed by atoms with E-state index in [1.807, 2.05) is 52.9 Å². The van der Waals surface area contributed by atoms with E-state index in [-0.39, 0.29) is 5.91 Å². The second kappa shape index (κ2) is 10.9. The zero-order valence-electron chi connectivity index (χ0n) is 21.2. The minimum Gasteiger partial charge on any atom is -0.352 e. The van der Waals surface area contributed by atoms with Crippen LogP contribution in [-0.2, 0) is 17.6 Å². The van der Waals surface area contributed by atoms with E-state index >= 15 is 0 Å². The number of nitrogens with zero attached hydrogens (tertiary/aromatic N) is 6. The highest BCUT2D eigenvalue weighted by Gasteiger charge is 2.26. The van der Waals surface area contributed by atoms with Gasteiger partial charge in [-0.3, -0.25) is 4.79 Å². The molecule has 7 nitrogen and oxygen atoms in total. The summed E-state index contributed by atoms with van der Waals surface area (Å²) >= 11 is 0. The topological polar surface area (TPSA) is 67.2 Å². The Morgan fingerprint density at radius 3 is 2.28 bits per heavy atom. The lowest BCUT2D eigenvalue weighted by Gasteiger charge is -2.36. The first-order valence-corrected chi connectivity index (χ1v) is 13.0. The minimum atomic E-state index is 0.225. The Hall–Kier alpha value is -3.74. The summed E-state index contributed by atoms with van der Waals surface area (Å²) in [5, 5.41) is 5.86. The number of fused-ring (bicyclic) bond motifs is 1. The third-order valence-electron chi connectivity index (χ3n) is 6.89. The number of anilines is 1. The summed E-state index contributed by atoms with van der Waals surface area (Å²) in [5.74, 6) is 2.03. The van der Waals surface area contributed by atoms with Crippen molar-refractivity contribution in [3.05, 3.63) is 77.7 Å². The van der Waals surface area contributed by atoms with E-state index in [4.69, 9.17) is 15.1 Å². The number of amides is 1. The zero-order chi connectivity index (χ0) is 24.9. The molecule has 1 saturated heterocycles. The number of carbonyl (C=O) groups excluding carboxylic acids is 1. The Bertz CT molecular complexity index is 1310. The van der Waals surface area contributed by atoms with Crippen LogP contribution in [0.15, 0.2) is 60.7 Å². The predicted molar refractivity (Wildman–Crippen MR) is 144 cm³/mol. The molecule has 0 bridgehead atoms. The van der Waals surface area contributed by atoms with Gasteiger partial charge in [-0.15, -0.1) is 0 Å². The van der Waals surface area contributed by atoms with Gasteiger partial charge in [-0.05, 0) is 37.5 Å². The largest absolute Gasteiger partial charge is 0.352 e. The summed E-state index contributed by atoms with van der Waals surface area (Å²) in [5.41, 5.74) is 3.98. The van der Waals surface area contributed by atoms with Gasteiger partial charge >= 0.3 is 0 Å². The third kappa shape index (κ3) is 5.10. The summed E-state index contributed by atoms with van der Waals surface area (Å²) in [6.45, 7) is 7.14. The van der Waals surface area contributed by atoms with E-state index in [2.05, 4.69) is 36.1 Å². The Balaban J connectivity index is 1.37. The maximum atomic E-state index is 12.9. The van der Waals surface area contributed by atoms with Gasteiger partial charge in [0.15, 0.2) is 5.65 Å². The highest BCUT2D eigenvalue weighted by Crippen LogP contribution is 2.30. The molecule has 0 radical (unpaired) electrons. The summed E-state index contributed by atoms with van der Waals surface area (Å²) in [4.78, 5) is 27.2. The van der Waals surface area contributed by atoms with Crippen LogP contribution >= 0.6 is 0 Å². The lowest BCUT2D eigenvalue weighted by molar-refractivity contribution is -0.131. The van der Waals surface area contributed by atoms with Crippen LogP contribution in [0.4, 0.5) is 5.82 Å². The first kappa shape index (κ1) is 24.0. The number of unbranched alkanes of at least 4 members (excludes halogenated alkanes) is 1. The van der Waals surface area contributed by atoms with Gasteiger partial charge < -0.3 is 9.80 Å². The van der Waals surface area contributed by atoms with Gasteiger partial charge in [0.2, 0.25) is 5.91 Å². The lowest BCUT2D eigenvalue weighted by Crippen LogP contribution is -2.49.